The van der Waals surface area contributed by atoms with Crippen molar-refractivity contribution in [3.63, 3.8) is 0 Å². The van der Waals surface area contributed by atoms with Crippen LogP contribution in [0.2, 0.25) is 0 Å². The van der Waals surface area contributed by atoms with Crippen LogP contribution in [0.4, 0.5) is 5.69 Å². The standard InChI is InChI=1S/C12H17NO3/c1-3-13(9-8-12(14)15)10-6-4-5-7-11(10)16-2/h4-7H,3,8-9H2,1-2H3,(H,14,15). The molecule has 0 unspecified atom stereocenters. The Morgan fingerprint density at radius 3 is 2.69 bits per heavy atom. The molecule has 4 nitrogen and oxygen atoms in total. The van der Waals surface area contributed by atoms with Crippen molar-refractivity contribution in [2.75, 3.05) is 25.1 Å². The van der Waals surface area contributed by atoms with Crippen LogP contribution in [0.1, 0.15) is 13.3 Å². The molecule has 1 rings (SSSR count). The molecule has 0 aliphatic carbocycles. The van der Waals surface area contributed by atoms with Crippen molar-refractivity contribution in [3.8, 4) is 5.75 Å². The quantitative estimate of drug-likeness (QED) is 0.801. The van der Waals surface area contributed by atoms with Gasteiger partial charge in [-0.25, -0.2) is 0 Å². The first-order valence-electron chi connectivity index (χ1n) is 5.28. The maximum Gasteiger partial charge on any atom is 0.305 e. The van der Waals surface area contributed by atoms with E-state index in [9.17, 15) is 4.79 Å². The van der Waals surface area contributed by atoms with Gasteiger partial charge in [-0.05, 0) is 19.1 Å². The van der Waals surface area contributed by atoms with Crippen molar-refractivity contribution >= 4 is 11.7 Å². The first kappa shape index (κ1) is 12.4. The number of carboxylic acid groups (broad SMARTS) is 1. The van der Waals surface area contributed by atoms with Crippen LogP contribution in [0, 0.1) is 0 Å². The number of methoxy groups -OCH3 is 1. The van der Waals surface area contributed by atoms with Gasteiger partial charge in [0.15, 0.2) is 0 Å². The van der Waals surface area contributed by atoms with Crippen molar-refractivity contribution < 1.29 is 14.6 Å². The molecule has 0 spiro atoms. The number of anilines is 1. The van der Waals surface area contributed by atoms with E-state index in [0.29, 0.717) is 6.54 Å². The number of rotatable bonds is 6. The van der Waals surface area contributed by atoms with Crippen LogP contribution in [0.5, 0.6) is 5.75 Å². The number of carboxylic acids is 1. The molecular weight excluding hydrogens is 206 g/mol. The fraction of sp³-hybridized carbons (Fsp3) is 0.417. The summed E-state index contributed by atoms with van der Waals surface area (Å²) in [5.41, 5.74) is 0.939. The summed E-state index contributed by atoms with van der Waals surface area (Å²) in [4.78, 5) is 12.5. The third-order valence-corrected chi connectivity index (χ3v) is 2.40. The molecule has 0 atom stereocenters. The van der Waals surface area contributed by atoms with Crippen LogP contribution in [-0.4, -0.2) is 31.3 Å². The molecule has 0 aliphatic heterocycles. The second-order valence-corrected chi connectivity index (χ2v) is 3.40. The summed E-state index contributed by atoms with van der Waals surface area (Å²) >= 11 is 0. The van der Waals surface area contributed by atoms with E-state index < -0.39 is 5.97 Å². The first-order chi connectivity index (χ1) is 7.69. The lowest BCUT2D eigenvalue weighted by molar-refractivity contribution is -0.136. The van der Waals surface area contributed by atoms with Crippen LogP contribution in [0.3, 0.4) is 0 Å². The van der Waals surface area contributed by atoms with E-state index in [-0.39, 0.29) is 6.42 Å². The first-order valence-corrected chi connectivity index (χ1v) is 5.28. The van der Waals surface area contributed by atoms with Crippen LogP contribution < -0.4 is 9.64 Å². The van der Waals surface area contributed by atoms with Gasteiger partial charge in [-0.15, -0.1) is 0 Å². The van der Waals surface area contributed by atoms with E-state index in [1.165, 1.54) is 0 Å². The van der Waals surface area contributed by atoms with Crippen molar-refractivity contribution in [1.82, 2.24) is 0 Å². The SMILES string of the molecule is CCN(CCC(=O)O)c1ccccc1OC. The Balaban J connectivity index is 2.81. The van der Waals surface area contributed by atoms with Crippen LogP contribution in [0.15, 0.2) is 24.3 Å². The van der Waals surface area contributed by atoms with E-state index in [4.69, 9.17) is 9.84 Å². The molecule has 4 heteroatoms. The molecule has 1 aromatic carbocycles. The van der Waals surface area contributed by atoms with Gasteiger partial charge in [0, 0.05) is 13.1 Å². The number of ether oxygens (including phenoxy) is 1. The van der Waals surface area contributed by atoms with Gasteiger partial charge in [0.2, 0.25) is 0 Å². The number of nitrogens with zero attached hydrogens (tertiary/aromatic N) is 1. The molecule has 16 heavy (non-hydrogen) atoms. The Morgan fingerprint density at radius 2 is 2.12 bits per heavy atom. The highest BCUT2D eigenvalue weighted by molar-refractivity contribution is 5.68. The lowest BCUT2D eigenvalue weighted by Crippen LogP contribution is -2.26. The summed E-state index contributed by atoms with van der Waals surface area (Å²) in [6, 6.07) is 7.62. The molecule has 0 radical (unpaired) electrons. The molecule has 0 amide bonds. The van der Waals surface area contributed by atoms with Gasteiger partial charge in [-0.3, -0.25) is 4.79 Å². The van der Waals surface area contributed by atoms with Crippen molar-refractivity contribution in [3.05, 3.63) is 24.3 Å². The Kier molecular flexibility index (Phi) is 4.64. The summed E-state index contributed by atoms with van der Waals surface area (Å²) in [5.74, 6) is -0.0110. The van der Waals surface area contributed by atoms with Crippen molar-refractivity contribution in [2.24, 2.45) is 0 Å². The minimum Gasteiger partial charge on any atom is -0.495 e. The zero-order chi connectivity index (χ0) is 12.0. The Morgan fingerprint density at radius 1 is 1.44 bits per heavy atom. The van der Waals surface area contributed by atoms with Gasteiger partial charge in [-0.2, -0.15) is 0 Å². The van der Waals surface area contributed by atoms with E-state index in [1.807, 2.05) is 36.1 Å². The lowest BCUT2D eigenvalue weighted by Gasteiger charge is -2.24. The van der Waals surface area contributed by atoms with E-state index in [1.54, 1.807) is 7.11 Å². The van der Waals surface area contributed by atoms with Gasteiger partial charge in [-0.1, -0.05) is 12.1 Å². The zero-order valence-corrected chi connectivity index (χ0v) is 9.64. The topological polar surface area (TPSA) is 49.8 Å². The second-order valence-electron chi connectivity index (χ2n) is 3.40. The predicted molar refractivity (Wildman–Crippen MR) is 63.1 cm³/mol. The lowest BCUT2D eigenvalue weighted by atomic mass is 10.2. The molecule has 0 aromatic heterocycles. The summed E-state index contributed by atoms with van der Waals surface area (Å²) < 4.78 is 5.25. The second kappa shape index (κ2) is 6.00. The maximum atomic E-state index is 10.5. The highest BCUT2D eigenvalue weighted by atomic mass is 16.5. The van der Waals surface area contributed by atoms with Crippen molar-refractivity contribution in [1.29, 1.82) is 0 Å². The average Bonchev–Trinajstić information content (AvgIpc) is 2.30. The fourth-order valence-corrected chi connectivity index (χ4v) is 1.57. The molecule has 0 heterocycles. The molecular formula is C12H17NO3. The molecule has 1 aromatic rings. The number of benzene rings is 1. The summed E-state index contributed by atoms with van der Waals surface area (Å²) in [7, 11) is 1.61. The molecule has 0 bridgehead atoms. The number of aliphatic carboxylic acids is 1. The molecule has 0 saturated carbocycles. The number of carbonyl (C=O) groups is 1. The Hall–Kier alpha value is -1.71. The zero-order valence-electron chi connectivity index (χ0n) is 9.64. The molecule has 0 fully saturated rings. The third kappa shape index (κ3) is 3.15. The number of para-hydroxylation sites is 2. The molecule has 1 N–H and O–H groups in total. The summed E-state index contributed by atoms with van der Waals surface area (Å²) in [6.07, 6.45) is 0.131. The van der Waals surface area contributed by atoms with E-state index in [2.05, 4.69) is 0 Å². The maximum absolute atomic E-state index is 10.5. The predicted octanol–water partition coefficient (Wildman–Crippen LogP) is 2.00. The van der Waals surface area contributed by atoms with E-state index in [0.717, 1.165) is 18.0 Å². The van der Waals surface area contributed by atoms with Crippen molar-refractivity contribution in [2.45, 2.75) is 13.3 Å². The molecule has 0 saturated heterocycles. The fourth-order valence-electron chi connectivity index (χ4n) is 1.57. The van der Waals surface area contributed by atoms with Crippen LogP contribution in [0.25, 0.3) is 0 Å². The summed E-state index contributed by atoms with van der Waals surface area (Å²) in [5, 5.41) is 8.67. The summed E-state index contributed by atoms with van der Waals surface area (Å²) in [6.45, 7) is 3.24. The number of hydrogen-bond donors (Lipinski definition) is 1. The van der Waals surface area contributed by atoms with Gasteiger partial charge in [0.25, 0.3) is 0 Å². The largest absolute Gasteiger partial charge is 0.495 e. The molecule has 0 aliphatic rings. The van der Waals surface area contributed by atoms with Gasteiger partial charge in [0.1, 0.15) is 5.75 Å². The smallest absolute Gasteiger partial charge is 0.305 e. The van der Waals surface area contributed by atoms with Gasteiger partial charge in [0.05, 0.1) is 19.2 Å². The normalized spacial score (nSPS) is 9.88. The number of hydrogen-bond acceptors (Lipinski definition) is 3. The minimum atomic E-state index is -0.784. The van der Waals surface area contributed by atoms with Crippen LogP contribution in [-0.2, 0) is 4.79 Å². The Labute approximate surface area is 95.5 Å². The minimum absolute atomic E-state index is 0.131. The monoisotopic (exact) mass is 223 g/mol. The van der Waals surface area contributed by atoms with Gasteiger partial charge >= 0.3 is 5.97 Å². The van der Waals surface area contributed by atoms with Crippen LogP contribution >= 0.6 is 0 Å². The highest BCUT2D eigenvalue weighted by Gasteiger charge is 2.10. The van der Waals surface area contributed by atoms with Gasteiger partial charge < -0.3 is 14.7 Å². The average molecular weight is 223 g/mol. The Bertz CT molecular complexity index is 352. The molecule has 88 valence electrons. The third-order valence-electron chi connectivity index (χ3n) is 2.40. The van der Waals surface area contributed by atoms with E-state index >= 15 is 0 Å². The highest BCUT2D eigenvalue weighted by Crippen LogP contribution is 2.27.